The number of aromatic nitrogens is 4. The van der Waals surface area contributed by atoms with Gasteiger partial charge in [-0.25, -0.2) is 4.98 Å². The molecule has 3 aromatic rings. The van der Waals surface area contributed by atoms with Gasteiger partial charge in [0.2, 0.25) is 5.91 Å². The number of amides is 1. The normalized spacial score (nSPS) is 10.9. The topological polar surface area (TPSA) is 81.8 Å². The van der Waals surface area contributed by atoms with E-state index in [1.807, 2.05) is 33.0 Å². The van der Waals surface area contributed by atoms with Gasteiger partial charge < -0.3 is 5.32 Å². The van der Waals surface area contributed by atoms with Crippen LogP contribution in [-0.2, 0) is 18.4 Å². The number of fused-ring (bicyclic) bond motifs is 1. The zero-order valence-corrected chi connectivity index (χ0v) is 13.2. The minimum Gasteiger partial charge on any atom is -0.321 e. The molecular weight excluding hydrogens is 294 g/mol. The van der Waals surface area contributed by atoms with Crippen molar-refractivity contribution in [3.63, 3.8) is 0 Å². The van der Waals surface area contributed by atoms with Crippen molar-refractivity contribution < 1.29 is 4.79 Å². The Morgan fingerprint density at radius 1 is 1.26 bits per heavy atom. The Balaban J connectivity index is 1.92. The van der Waals surface area contributed by atoms with Crippen LogP contribution < -0.4 is 10.9 Å². The number of carbonyl (C=O) groups excluding carboxylic acids is 1. The first kappa shape index (κ1) is 15.0. The molecule has 1 amide bonds. The molecule has 0 aliphatic rings. The standard InChI is InChI=1S/C16H17N5O2/c1-10-16(11(2)20(3)19-10)18-14(22)9-21-13-7-5-4-6-12(13)17-8-15(21)23/h4-8H,9H2,1-3H3,(H,18,22). The maximum atomic E-state index is 12.4. The van der Waals surface area contributed by atoms with Crippen molar-refractivity contribution in [2.24, 2.45) is 7.05 Å². The van der Waals surface area contributed by atoms with Gasteiger partial charge in [0.05, 0.1) is 34.3 Å². The van der Waals surface area contributed by atoms with Crippen LogP contribution in [0.3, 0.4) is 0 Å². The maximum Gasteiger partial charge on any atom is 0.269 e. The molecule has 0 radical (unpaired) electrons. The molecule has 3 rings (SSSR count). The third-order valence-electron chi connectivity index (χ3n) is 3.83. The zero-order valence-electron chi connectivity index (χ0n) is 13.2. The summed E-state index contributed by atoms with van der Waals surface area (Å²) in [6.07, 6.45) is 1.23. The molecule has 0 spiro atoms. The minimum atomic E-state index is -0.307. The fourth-order valence-electron chi connectivity index (χ4n) is 2.55. The molecule has 7 nitrogen and oxygen atoms in total. The lowest BCUT2D eigenvalue weighted by atomic mass is 10.3. The SMILES string of the molecule is Cc1nn(C)c(C)c1NC(=O)Cn1c(=O)cnc2ccccc21. The molecule has 0 saturated carbocycles. The number of aryl methyl sites for hydroxylation is 2. The van der Waals surface area contributed by atoms with Crippen LogP contribution >= 0.6 is 0 Å². The van der Waals surface area contributed by atoms with Crippen molar-refractivity contribution in [1.29, 1.82) is 0 Å². The third-order valence-corrected chi connectivity index (χ3v) is 3.83. The highest BCUT2D eigenvalue weighted by atomic mass is 16.2. The Morgan fingerprint density at radius 2 is 2.00 bits per heavy atom. The largest absolute Gasteiger partial charge is 0.321 e. The molecule has 1 N–H and O–H groups in total. The van der Waals surface area contributed by atoms with Crippen LogP contribution in [0.5, 0.6) is 0 Å². The highest BCUT2D eigenvalue weighted by Crippen LogP contribution is 2.18. The van der Waals surface area contributed by atoms with E-state index in [0.29, 0.717) is 16.7 Å². The molecule has 23 heavy (non-hydrogen) atoms. The molecule has 0 unspecified atom stereocenters. The summed E-state index contributed by atoms with van der Waals surface area (Å²) in [5, 5.41) is 7.10. The van der Waals surface area contributed by atoms with Gasteiger partial charge in [-0.3, -0.25) is 18.8 Å². The average Bonchev–Trinajstić information content (AvgIpc) is 2.76. The van der Waals surface area contributed by atoms with E-state index in [9.17, 15) is 9.59 Å². The van der Waals surface area contributed by atoms with Crippen molar-refractivity contribution >= 4 is 22.6 Å². The van der Waals surface area contributed by atoms with Gasteiger partial charge in [0.1, 0.15) is 6.54 Å². The lowest BCUT2D eigenvalue weighted by molar-refractivity contribution is -0.116. The fraction of sp³-hybridized carbons (Fsp3) is 0.250. The predicted octanol–water partition coefficient (Wildman–Crippen LogP) is 1.39. The summed E-state index contributed by atoms with van der Waals surface area (Å²) in [6.45, 7) is 3.63. The summed E-state index contributed by atoms with van der Waals surface area (Å²) in [4.78, 5) is 28.5. The molecule has 2 aromatic heterocycles. The highest BCUT2D eigenvalue weighted by Gasteiger charge is 2.14. The van der Waals surface area contributed by atoms with E-state index in [4.69, 9.17) is 0 Å². The number of para-hydroxylation sites is 2. The van der Waals surface area contributed by atoms with Gasteiger partial charge in [0.15, 0.2) is 0 Å². The quantitative estimate of drug-likeness (QED) is 0.792. The third kappa shape index (κ3) is 2.73. The average molecular weight is 311 g/mol. The van der Waals surface area contributed by atoms with Gasteiger partial charge in [-0.2, -0.15) is 5.10 Å². The smallest absolute Gasteiger partial charge is 0.269 e. The fourth-order valence-corrected chi connectivity index (χ4v) is 2.55. The molecule has 0 atom stereocenters. The Labute approximate surface area is 132 Å². The van der Waals surface area contributed by atoms with Crippen molar-refractivity contribution in [2.75, 3.05) is 5.32 Å². The first-order valence-corrected chi connectivity index (χ1v) is 7.22. The van der Waals surface area contributed by atoms with E-state index in [1.165, 1.54) is 10.8 Å². The van der Waals surface area contributed by atoms with E-state index in [1.54, 1.807) is 16.8 Å². The summed E-state index contributed by atoms with van der Waals surface area (Å²) in [6, 6.07) is 7.23. The van der Waals surface area contributed by atoms with E-state index in [-0.39, 0.29) is 18.0 Å². The summed E-state index contributed by atoms with van der Waals surface area (Å²) < 4.78 is 3.12. The van der Waals surface area contributed by atoms with Crippen molar-refractivity contribution in [3.05, 3.63) is 52.2 Å². The van der Waals surface area contributed by atoms with E-state index in [0.717, 1.165) is 11.4 Å². The number of hydrogen-bond acceptors (Lipinski definition) is 4. The highest BCUT2D eigenvalue weighted by molar-refractivity contribution is 5.92. The van der Waals surface area contributed by atoms with E-state index >= 15 is 0 Å². The van der Waals surface area contributed by atoms with Crippen LogP contribution in [0.2, 0.25) is 0 Å². The van der Waals surface area contributed by atoms with Crippen LogP contribution in [0.15, 0.2) is 35.3 Å². The molecule has 0 bridgehead atoms. The summed E-state index contributed by atoms with van der Waals surface area (Å²) >= 11 is 0. The van der Waals surface area contributed by atoms with Crippen LogP contribution in [-0.4, -0.2) is 25.2 Å². The van der Waals surface area contributed by atoms with Gasteiger partial charge in [0, 0.05) is 7.05 Å². The molecule has 0 saturated heterocycles. The molecule has 1 aromatic carbocycles. The van der Waals surface area contributed by atoms with Crippen molar-refractivity contribution in [2.45, 2.75) is 20.4 Å². The lowest BCUT2D eigenvalue weighted by Crippen LogP contribution is -2.28. The minimum absolute atomic E-state index is 0.0738. The van der Waals surface area contributed by atoms with Gasteiger partial charge in [-0.05, 0) is 26.0 Å². The van der Waals surface area contributed by atoms with E-state index < -0.39 is 0 Å². The molecular formula is C16H17N5O2. The summed E-state index contributed by atoms with van der Waals surface area (Å²) in [7, 11) is 1.82. The number of carbonyl (C=O) groups is 1. The Bertz CT molecular complexity index is 955. The van der Waals surface area contributed by atoms with Crippen LogP contribution in [0.1, 0.15) is 11.4 Å². The summed E-state index contributed by atoms with van der Waals surface area (Å²) in [5.41, 5.74) is 3.29. The molecule has 7 heteroatoms. The second-order valence-electron chi connectivity index (χ2n) is 5.39. The predicted molar refractivity (Wildman–Crippen MR) is 87.3 cm³/mol. The second-order valence-corrected chi connectivity index (χ2v) is 5.39. The van der Waals surface area contributed by atoms with Crippen molar-refractivity contribution in [1.82, 2.24) is 19.3 Å². The molecule has 0 fully saturated rings. The number of nitrogens with zero attached hydrogens (tertiary/aromatic N) is 4. The number of hydrogen-bond donors (Lipinski definition) is 1. The molecule has 118 valence electrons. The Morgan fingerprint density at radius 3 is 2.70 bits per heavy atom. The number of benzene rings is 1. The Hall–Kier alpha value is -2.96. The van der Waals surface area contributed by atoms with Crippen LogP contribution in [0, 0.1) is 13.8 Å². The monoisotopic (exact) mass is 311 g/mol. The molecule has 0 aliphatic carbocycles. The zero-order chi connectivity index (χ0) is 16.6. The molecule has 2 heterocycles. The van der Waals surface area contributed by atoms with E-state index in [2.05, 4.69) is 15.4 Å². The first-order chi connectivity index (χ1) is 11.0. The van der Waals surface area contributed by atoms with Crippen LogP contribution in [0.25, 0.3) is 11.0 Å². The second kappa shape index (κ2) is 5.68. The lowest BCUT2D eigenvalue weighted by Gasteiger charge is -2.10. The number of anilines is 1. The van der Waals surface area contributed by atoms with Crippen LogP contribution in [0.4, 0.5) is 5.69 Å². The first-order valence-electron chi connectivity index (χ1n) is 7.22. The van der Waals surface area contributed by atoms with Gasteiger partial charge >= 0.3 is 0 Å². The van der Waals surface area contributed by atoms with Crippen molar-refractivity contribution in [3.8, 4) is 0 Å². The van der Waals surface area contributed by atoms with Gasteiger partial charge in [-0.1, -0.05) is 12.1 Å². The number of nitrogens with one attached hydrogen (secondary N) is 1. The maximum absolute atomic E-state index is 12.4. The van der Waals surface area contributed by atoms with Gasteiger partial charge in [-0.15, -0.1) is 0 Å². The molecule has 0 aliphatic heterocycles. The van der Waals surface area contributed by atoms with Gasteiger partial charge in [0.25, 0.3) is 5.56 Å². The summed E-state index contributed by atoms with van der Waals surface area (Å²) in [5.74, 6) is -0.275. The number of rotatable bonds is 3. The Kier molecular flexibility index (Phi) is 3.69.